The molecular weight excluding hydrogens is 328 g/mol. The molecule has 0 N–H and O–H groups in total. The first-order valence-corrected chi connectivity index (χ1v) is 5.50. The SMILES string of the molecule is CN1C(=O)COc2c1cc(C=O)c(I)c2F. The number of fused-ring (bicyclic) bond motifs is 1. The largest absolute Gasteiger partial charge is 0.478 e. The van der Waals surface area contributed by atoms with Gasteiger partial charge in [0.15, 0.2) is 24.5 Å². The Morgan fingerprint density at radius 2 is 2.31 bits per heavy atom. The van der Waals surface area contributed by atoms with Gasteiger partial charge in [0, 0.05) is 12.6 Å². The van der Waals surface area contributed by atoms with Gasteiger partial charge in [0.1, 0.15) is 0 Å². The number of carbonyl (C=O) groups excluding carboxylic acids is 2. The predicted octanol–water partition coefficient (Wildman–Crippen LogP) is 1.60. The number of rotatable bonds is 1. The van der Waals surface area contributed by atoms with E-state index in [9.17, 15) is 14.0 Å². The summed E-state index contributed by atoms with van der Waals surface area (Å²) in [5.41, 5.74) is 0.498. The van der Waals surface area contributed by atoms with E-state index in [1.807, 2.05) is 0 Å². The van der Waals surface area contributed by atoms with Crippen molar-refractivity contribution in [1.29, 1.82) is 0 Å². The van der Waals surface area contributed by atoms with Crippen molar-refractivity contribution in [1.82, 2.24) is 0 Å². The van der Waals surface area contributed by atoms with E-state index in [0.717, 1.165) is 0 Å². The maximum Gasteiger partial charge on any atom is 0.264 e. The van der Waals surface area contributed by atoms with Gasteiger partial charge < -0.3 is 9.64 Å². The Balaban J connectivity index is 2.68. The third-order valence-electron chi connectivity index (χ3n) is 2.37. The van der Waals surface area contributed by atoms with Crippen LogP contribution in [0.25, 0.3) is 0 Å². The Morgan fingerprint density at radius 3 is 2.94 bits per heavy atom. The average Bonchev–Trinajstić information content (AvgIpc) is 2.28. The normalized spacial score (nSPS) is 14.4. The maximum absolute atomic E-state index is 13.8. The summed E-state index contributed by atoms with van der Waals surface area (Å²) in [5, 5.41) is 0. The van der Waals surface area contributed by atoms with Crippen LogP contribution < -0.4 is 9.64 Å². The molecule has 0 aromatic heterocycles. The second-order valence-electron chi connectivity index (χ2n) is 3.30. The molecule has 0 fully saturated rings. The highest BCUT2D eigenvalue weighted by atomic mass is 127. The summed E-state index contributed by atoms with van der Waals surface area (Å²) in [7, 11) is 1.52. The minimum absolute atomic E-state index is 0.0251. The standard InChI is InChI=1S/C10H7FINO3/c1-13-6-2-5(3-14)9(12)8(11)10(6)16-4-7(13)15/h2-3H,4H2,1H3. The molecule has 1 aromatic rings. The average molecular weight is 335 g/mol. The van der Waals surface area contributed by atoms with Crippen molar-refractivity contribution < 1.29 is 18.7 Å². The van der Waals surface area contributed by atoms with Gasteiger partial charge in [0.05, 0.1) is 9.26 Å². The first-order chi connectivity index (χ1) is 7.56. The number of anilines is 1. The minimum atomic E-state index is -0.598. The van der Waals surface area contributed by atoms with E-state index in [1.54, 1.807) is 22.6 Å². The summed E-state index contributed by atoms with van der Waals surface area (Å²) in [5.74, 6) is -0.846. The summed E-state index contributed by atoms with van der Waals surface area (Å²) in [4.78, 5) is 23.4. The molecule has 0 saturated heterocycles. The Morgan fingerprint density at radius 1 is 1.62 bits per heavy atom. The Hall–Kier alpha value is -1.18. The molecule has 0 radical (unpaired) electrons. The summed E-state index contributed by atoms with van der Waals surface area (Å²) in [6.07, 6.45) is 0.554. The molecule has 1 aliphatic heterocycles. The first-order valence-electron chi connectivity index (χ1n) is 4.42. The lowest BCUT2D eigenvalue weighted by molar-refractivity contribution is -0.121. The quantitative estimate of drug-likeness (QED) is 0.579. The Labute approximate surface area is 105 Å². The molecule has 1 amide bonds. The molecule has 1 aliphatic rings. The zero-order chi connectivity index (χ0) is 11.9. The van der Waals surface area contributed by atoms with Crippen LogP contribution in [0.2, 0.25) is 0 Å². The number of carbonyl (C=O) groups is 2. The Kier molecular flexibility index (Phi) is 2.83. The van der Waals surface area contributed by atoms with E-state index in [-0.39, 0.29) is 33.1 Å². The van der Waals surface area contributed by atoms with Crippen molar-refractivity contribution in [3.63, 3.8) is 0 Å². The van der Waals surface area contributed by atoms with Crippen molar-refractivity contribution in [3.8, 4) is 5.75 Å². The zero-order valence-electron chi connectivity index (χ0n) is 8.29. The smallest absolute Gasteiger partial charge is 0.264 e. The predicted molar refractivity (Wildman–Crippen MR) is 63.4 cm³/mol. The van der Waals surface area contributed by atoms with Crippen molar-refractivity contribution >= 4 is 40.5 Å². The van der Waals surface area contributed by atoms with E-state index in [4.69, 9.17) is 4.74 Å². The Bertz CT molecular complexity index is 489. The summed E-state index contributed by atoms with van der Waals surface area (Å²) in [6, 6.07) is 1.45. The lowest BCUT2D eigenvalue weighted by Crippen LogP contribution is -2.36. The molecule has 0 atom stereocenters. The number of benzene rings is 1. The summed E-state index contributed by atoms with van der Waals surface area (Å²) in [6.45, 7) is -0.184. The first kappa shape index (κ1) is 11.3. The van der Waals surface area contributed by atoms with Crippen LogP contribution in [0, 0.1) is 9.39 Å². The molecule has 0 bridgehead atoms. The van der Waals surface area contributed by atoms with Crippen LogP contribution in [0.5, 0.6) is 5.75 Å². The van der Waals surface area contributed by atoms with Crippen molar-refractivity contribution in [2.75, 3.05) is 18.6 Å². The van der Waals surface area contributed by atoms with E-state index in [1.165, 1.54) is 18.0 Å². The van der Waals surface area contributed by atoms with E-state index >= 15 is 0 Å². The van der Waals surface area contributed by atoms with Crippen molar-refractivity contribution in [2.45, 2.75) is 0 Å². The summed E-state index contributed by atoms with van der Waals surface area (Å²) < 4.78 is 19.0. The van der Waals surface area contributed by atoms with Crippen LogP contribution >= 0.6 is 22.6 Å². The van der Waals surface area contributed by atoms with Gasteiger partial charge in [-0.3, -0.25) is 9.59 Å². The highest BCUT2D eigenvalue weighted by Gasteiger charge is 2.27. The minimum Gasteiger partial charge on any atom is -0.478 e. The molecule has 1 aromatic carbocycles. The number of halogens is 2. The third-order valence-corrected chi connectivity index (χ3v) is 3.47. The van der Waals surface area contributed by atoms with Gasteiger partial charge in [-0.05, 0) is 28.7 Å². The van der Waals surface area contributed by atoms with Gasteiger partial charge in [-0.25, -0.2) is 4.39 Å². The number of ether oxygens (including phenoxy) is 1. The van der Waals surface area contributed by atoms with Crippen LogP contribution in [-0.4, -0.2) is 25.8 Å². The second-order valence-corrected chi connectivity index (χ2v) is 4.38. The van der Waals surface area contributed by atoms with Gasteiger partial charge >= 0.3 is 0 Å². The lowest BCUT2D eigenvalue weighted by atomic mass is 10.1. The zero-order valence-corrected chi connectivity index (χ0v) is 10.4. The fraction of sp³-hybridized carbons (Fsp3) is 0.200. The molecule has 2 rings (SSSR count). The number of amides is 1. The van der Waals surface area contributed by atoms with Gasteiger partial charge in [-0.15, -0.1) is 0 Å². The topological polar surface area (TPSA) is 46.6 Å². The van der Waals surface area contributed by atoms with Gasteiger partial charge in [-0.1, -0.05) is 0 Å². The van der Waals surface area contributed by atoms with Crippen molar-refractivity contribution in [2.24, 2.45) is 0 Å². The molecule has 0 spiro atoms. The van der Waals surface area contributed by atoms with Crippen LogP contribution in [0.4, 0.5) is 10.1 Å². The van der Waals surface area contributed by atoms with Gasteiger partial charge in [0.25, 0.3) is 5.91 Å². The van der Waals surface area contributed by atoms with E-state index in [2.05, 4.69) is 0 Å². The molecule has 0 aliphatic carbocycles. The van der Waals surface area contributed by atoms with Crippen LogP contribution in [0.3, 0.4) is 0 Å². The van der Waals surface area contributed by atoms with Gasteiger partial charge in [0.2, 0.25) is 0 Å². The summed E-state index contributed by atoms with van der Waals surface area (Å²) >= 11 is 1.73. The fourth-order valence-electron chi connectivity index (χ4n) is 1.45. The third kappa shape index (κ3) is 1.57. The molecule has 4 nitrogen and oxygen atoms in total. The lowest BCUT2D eigenvalue weighted by Gasteiger charge is -2.26. The number of hydrogen-bond acceptors (Lipinski definition) is 3. The molecule has 84 valence electrons. The number of hydrogen-bond donors (Lipinski definition) is 0. The number of nitrogens with zero attached hydrogens (tertiary/aromatic N) is 1. The highest BCUT2D eigenvalue weighted by Crippen LogP contribution is 2.37. The van der Waals surface area contributed by atoms with E-state index in [0.29, 0.717) is 6.29 Å². The molecule has 6 heteroatoms. The molecular formula is C10H7FINO3. The molecule has 0 saturated carbocycles. The molecule has 1 heterocycles. The van der Waals surface area contributed by atoms with Crippen LogP contribution in [0.1, 0.15) is 10.4 Å². The maximum atomic E-state index is 13.8. The molecule has 0 unspecified atom stereocenters. The van der Waals surface area contributed by atoms with E-state index < -0.39 is 5.82 Å². The van der Waals surface area contributed by atoms with Crippen LogP contribution in [-0.2, 0) is 4.79 Å². The second kappa shape index (κ2) is 4.00. The van der Waals surface area contributed by atoms with Gasteiger partial charge in [-0.2, -0.15) is 0 Å². The van der Waals surface area contributed by atoms with Crippen molar-refractivity contribution in [3.05, 3.63) is 21.0 Å². The monoisotopic (exact) mass is 335 g/mol. The molecule has 16 heavy (non-hydrogen) atoms. The number of likely N-dealkylation sites (N-methyl/N-ethyl adjacent to an activating group) is 1. The number of aldehydes is 1. The fourth-order valence-corrected chi connectivity index (χ4v) is 1.98. The highest BCUT2D eigenvalue weighted by molar-refractivity contribution is 14.1. The van der Waals surface area contributed by atoms with Crippen LogP contribution in [0.15, 0.2) is 6.07 Å².